The highest BCUT2D eigenvalue weighted by atomic mass is 16.6. The van der Waals surface area contributed by atoms with E-state index in [-0.39, 0.29) is 17.3 Å². The normalized spacial score (nSPS) is 40.9. The minimum Gasteiger partial charge on any atom is -0.379 e. The molecule has 3 unspecified atom stereocenters. The van der Waals surface area contributed by atoms with Gasteiger partial charge in [0.05, 0.1) is 11.7 Å². The van der Waals surface area contributed by atoms with Crippen molar-refractivity contribution in [3.8, 4) is 0 Å². The van der Waals surface area contributed by atoms with E-state index in [9.17, 15) is 0 Å². The van der Waals surface area contributed by atoms with Gasteiger partial charge >= 0.3 is 0 Å². The van der Waals surface area contributed by atoms with Gasteiger partial charge in [-0.2, -0.15) is 0 Å². The Morgan fingerprint density at radius 2 is 2.07 bits per heavy atom. The molecule has 1 aliphatic rings. The summed E-state index contributed by atoms with van der Waals surface area (Å²) in [5.41, 5.74) is -0.266. The molecule has 1 saturated heterocycles. The van der Waals surface area contributed by atoms with Crippen molar-refractivity contribution < 1.29 is 9.47 Å². The third-order valence-corrected chi connectivity index (χ3v) is 3.42. The maximum Gasteiger partial charge on any atom is 0.104 e. The van der Waals surface area contributed by atoms with E-state index in [2.05, 4.69) is 33.0 Å². The molecular formula is C11H23NO2. The fourth-order valence-corrected chi connectivity index (χ4v) is 1.88. The van der Waals surface area contributed by atoms with Crippen molar-refractivity contribution in [3.05, 3.63) is 0 Å². The van der Waals surface area contributed by atoms with Crippen molar-refractivity contribution in [1.82, 2.24) is 5.32 Å². The summed E-state index contributed by atoms with van der Waals surface area (Å²) in [6, 6.07) is 0. The summed E-state index contributed by atoms with van der Waals surface area (Å²) in [6.07, 6.45) is 1.13. The molecule has 0 bridgehead atoms. The highest BCUT2D eigenvalue weighted by Crippen LogP contribution is 2.30. The van der Waals surface area contributed by atoms with E-state index in [1.165, 1.54) is 0 Å². The Labute approximate surface area is 87.2 Å². The largest absolute Gasteiger partial charge is 0.379 e. The first-order valence-electron chi connectivity index (χ1n) is 5.39. The van der Waals surface area contributed by atoms with Crippen molar-refractivity contribution in [2.24, 2.45) is 0 Å². The van der Waals surface area contributed by atoms with Crippen LogP contribution in [0.3, 0.4) is 0 Å². The summed E-state index contributed by atoms with van der Waals surface area (Å²) in [4.78, 5) is 0. The van der Waals surface area contributed by atoms with Crippen molar-refractivity contribution in [2.45, 2.75) is 51.4 Å². The number of morpholine rings is 1. The monoisotopic (exact) mass is 201 g/mol. The molecule has 0 aromatic carbocycles. The molecule has 1 aliphatic heterocycles. The van der Waals surface area contributed by atoms with Crippen LogP contribution in [0.25, 0.3) is 0 Å². The number of methoxy groups -OCH3 is 1. The SMILES string of the molecule is CCC1(C)CNCC(C)(C(C)OC)O1. The highest BCUT2D eigenvalue weighted by Gasteiger charge is 2.42. The summed E-state index contributed by atoms with van der Waals surface area (Å²) < 4.78 is 11.5. The molecule has 0 aromatic rings. The average molecular weight is 201 g/mol. The standard InChI is InChI=1S/C11H23NO2/c1-6-10(3)7-12-8-11(4,14-10)9(2)13-5/h9,12H,6-8H2,1-5H3. The van der Waals surface area contributed by atoms with Crippen LogP contribution >= 0.6 is 0 Å². The zero-order chi connectivity index (χ0) is 10.8. The molecular weight excluding hydrogens is 178 g/mol. The lowest BCUT2D eigenvalue weighted by atomic mass is 9.92. The van der Waals surface area contributed by atoms with Crippen LogP contribution in [0.1, 0.15) is 34.1 Å². The van der Waals surface area contributed by atoms with Crippen LogP contribution in [0.5, 0.6) is 0 Å². The van der Waals surface area contributed by atoms with E-state index in [0.29, 0.717) is 0 Å². The van der Waals surface area contributed by atoms with Gasteiger partial charge in [0.1, 0.15) is 5.60 Å². The predicted molar refractivity (Wildman–Crippen MR) is 57.5 cm³/mol. The summed E-state index contributed by atoms with van der Waals surface area (Å²) in [6.45, 7) is 10.3. The van der Waals surface area contributed by atoms with E-state index < -0.39 is 0 Å². The first-order chi connectivity index (χ1) is 6.46. The molecule has 14 heavy (non-hydrogen) atoms. The lowest BCUT2D eigenvalue weighted by molar-refractivity contribution is -0.206. The van der Waals surface area contributed by atoms with Gasteiger partial charge in [0, 0.05) is 20.2 Å². The van der Waals surface area contributed by atoms with Gasteiger partial charge in [-0.05, 0) is 27.2 Å². The lowest BCUT2D eigenvalue weighted by Crippen LogP contribution is -2.62. The topological polar surface area (TPSA) is 30.5 Å². The molecule has 3 heteroatoms. The van der Waals surface area contributed by atoms with Gasteiger partial charge in [-0.3, -0.25) is 0 Å². The smallest absolute Gasteiger partial charge is 0.104 e. The molecule has 0 radical (unpaired) electrons. The second-order valence-corrected chi connectivity index (χ2v) is 4.70. The van der Waals surface area contributed by atoms with Crippen molar-refractivity contribution in [3.63, 3.8) is 0 Å². The summed E-state index contributed by atoms with van der Waals surface area (Å²) in [7, 11) is 1.73. The van der Waals surface area contributed by atoms with Crippen molar-refractivity contribution in [2.75, 3.05) is 20.2 Å². The third kappa shape index (κ3) is 2.27. The maximum absolute atomic E-state index is 6.18. The van der Waals surface area contributed by atoms with Gasteiger partial charge in [-0.1, -0.05) is 6.92 Å². The van der Waals surface area contributed by atoms with Crippen molar-refractivity contribution >= 4 is 0 Å². The lowest BCUT2D eigenvalue weighted by Gasteiger charge is -2.47. The number of nitrogens with one attached hydrogen (secondary N) is 1. The van der Waals surface area contributed by atoms with E-state index in [1.807, 2.05) is 0 Å². The van der Waals surface area contributed by atoms with Crippen LogP contribution in [0, 0.1) is 0 Å². The van der Waals surface area contributed by atoms with E-state index in [1.54, 1.807) is 7.11 Å². The summed E-state index contributed by atoms with van der Waals surface area (Å²) >= 11 is 0. The Bertz CT molecular complexity index is 198. The minimum absolute atomic E-state index is 0.0558. The van der Waals surface area contributed by atoms with Crippen LogP contribution in [0.2, 0.25) is 0 Å². The van der Waals surface area contributed by atoms with Gasteiger partial charge in [0.25, 0.3) is 0 Å². The maximum atomic E-state index is 6.18. The minimum atomic E-state index is -0.211. The Kier molecular flexibility index (Phi) is 3.56. The van der Waals surface area contributed by atoms with Gasteiger partial charge in [-0.25, -0.2) is 0 Å². The fourth-order valence-electron chi connectivity index (χ4n) is 1.88. The van der Waals surface area contributed by atoms with Crippen LogP contribution < -0.4 is 5.32 Å². The first-order valence-corrected chi connectivity index (χ1v) is 5.39. The second-order valence-electron chi connectivity index (χ2n) is 4.70. The zero-order valence-electron chi connectivity index (χ0n) is 10.0. The third-order valence-electron chi connectivity index (χ3n) is 3.42. The van der Waals surface area contributed by atoms with Gasteiger partial charge in [0.15, 0.2) is 0 Å². The number of ether oxygens (including phenoxy) is 2. The van der Waals surface area contributed by atoms with E-state index >= 15 is 0 Å². The Morgan fingerprint density at radius 3 is 2.57 bits per heavy atom. The molecule has 1 rings (SSSR count). The quantitative estimate of drug-likeness (QED) is 0.752. The molecule has 0 aliphatic carbocycles. The van der Waals surface area contributed by atoms with E-state index in [4.69, 9.17) is 9.47 Å². The van der Waals surface area contributed by atoms with Gasteiger partial charge < -0.3 is 14.8 Å². The highest BCUT2D eigenvalue weighted by molar-refractivity contribution is 4.94. The predicted octanol–water partition coefficient (Wildman–Crippen LogP) is 1.57. The Hall–Kier alpha value is -0.120. The number of hydrogen-bond donors (Lipinski definition) is 1. The fraction of sp³-hybridized carbons (Fsp3) is 1.00. The molecule has 0 spiro atoms. The van der Waals surface area contributed by atoms with Gasteiger partial charge in [-0.15, -0.1) is 0 Å². The number of rotatable bonds is 3. The van der Waals surface area contributed by atoms with Gasteiger partial charge in [0.2, 0.25) is 0 Å². The number of hydrogen-bond acceptors (Lipinski definition) is 3. The molecule has 0 saturated carbocycles. The van der Waals surface area contributed by atoms with Crippen LogP contribution in [-0.2, 0) is 9.47 Å². The molecule has 3 atom stereocenters. The second kappa shape index (κ2) is 4.17. The Balaban J connectivity index is 2.71. The van der Waals surface area contributed by atoms with Crippen molar-refractivity contribution in [1.29, 1.82) is 0 Å². The van der Waals surface area contributed by atoms with E-state index in [0.717, 1.165) is 19.5 Å². The van der Waals surface area contributed by atoms with Crippen LogP contribution in [-0.4, -0.2) is 37.5 Å². The molecule has 1 fully saturated rings. The molecule has 1 N–H and O–H groups in total. The molecule has 84 valence electrons. The molecule has 1 heterocycles. The van der Waals surface area contributed by atoms with Crippen LogP contribution in [0.4, 0.5) is 0 Å². The van der Waals surface area contributed by atoms with Crippen LogP contribution in [0.15, 0.2) is 0 Å². The molecule has 3 nitrogen and oxygen atoms in total. The average Bonchev–Trinajstić information content (AvgIpc) is 2.16. The zero-order valence-corrected chi connectivity index (χ0v) is 10.0. The Morgan fingerprint density at radius 1 is 1.43 bits per heavy atom. The molecule has 0 aromatic heterocycles. The summed E-state index contributed by atoms with van der Waals surface area (Å²) in [5, 5.41) is 3.43. The molecule has 0 amide bonds. The summed E-state index contributed by atoms with van der Waals surface area (Å²) in [5.74, 6) is 0. The first kappa shape index (κ1) is 12.0.